The van der Waals surface area contributed by atoms with Gasteiger partial charge in [-0.15, -0.1) is 0 Å². The van der Waals surface area contributed by atoms with E-state index in [9.17, 15) is 5.11 Å². The molecule has 132 valence electrons. The Bertz CT molecular complexity index is 705. The molecule has 3 aliphatic carbocycles. The quantitative estimate of drug-likeness (QED) is 0.799. The van der Waals surface area contributed by atoms with Crippen LogP contribution in [-0.2, 0) is 4.74 Å². The van der Waals surface area contributed by atoms with Gasteiger partial charge in [0, 0.05) is 31.3 Å². The van der Waals surface area contributed by atoms with Gasteiger partial charge in [-0.25, -0.2) is 0 Å². The Hall–Kier alpha value is -1.81. The molecule has 1 saturated carbocycles. The summed E-state index contributed by atoms with van der Waals surface area (Å²) in [5.74, 6) is 3.21. The number of benzene rings is 1. The molecule has 0 aromatic heterocycles. The van der Waals surface area contributed by atoms with Crippen LogP contribution in [0.25, 0.3) is 0 Å². The van der Waals surface area contributed by atoms with Gasteiger partial charge in [-0.05, 0) is 42.9 Å². The summed E-state index contributed by atoms with van der Waals surface area (Å²) in [6, 6.07) is 7.88. The van der Waals surface area contributed by atoms with Gasteiger partial charge >= 0.3 is 0 Å². The molecule has 25 heavy (non-hydrogen) atoms. The van der Waals surface area contributed by atoms with Crippen LogP contribution in [0.4, 0.5) is 0 Å². The number of allylic oxidation sites excluding steroid dienone is 1. The summed E-state index contributed by atoms with van der Waals surface area (Å²) in [5, 5.41) is 9.70. The standard InChI is InChI=1S/C21H26N2O2/c24-18-7-3-16(4-8-18)20-15-1-5-17(6-2-15)21(20)10-9-19(22-21)23-11-13-25-14-12-23/h1,3-5,7-8,15,17,20,24H,2,6,9-14H2. The molecule has 0 amide bonds. The number of amidine groups is 1. The lowest BCUT2D eigenvalue weighted by Crippen LogP contribution is -2.49. The first kappa shape index (κ1) is 15.4. The lowest BCUT2D eigenvalue weighted by Gasteiger charge is -2.51. The number of aromatic hydroxyl groups is 1. The van der Waals surface area contributed by atoms with Crippen LogP contribution in [0.5, 0.6) is 5.75 Å². The molecule has 4 nitrogen and oxygen atoms in total. The first-order valence-corrected chi connectivity index (χ1v) is 9.65. The van der Waals surface area contributed by atoms with E-state index in [4.69, 9.17) is 9.73 Å². The number of morpholine rings is 1. The third kappa shape index (κ3) is 2.42. The lowest BCUT2D eigenvalue weighted by atomic mass is 9.55. The molecular formula is C21H26N2O2. The summed E-state index contributed by atoms with van der Waals surface area (Å²) >= 11 is 0. The van der Waals surface area contributed by atoms with Gasteiger partial charge < -0.3 is 14.7 Å². The zero-order chi connectivity index (χ0) is 16.9. The number of nitrogens with zero attached hydrogens (tertiary/aromatic N) is 2. The van der Waals surface area contributed by atoms with Crippen LogP contribution in [-0.4, -0.2) is 47.7 Å². The van der Waals surface area contributed by atoms with Gasteiger partial charge in [0.05, 0.1) is 24.6 Å². The minimum absolute atomic E-state index is 0.0161. The number of phenolic OH excluding ortho intramolecular Hbond substituents is 1. The monoisotopic (exact) mass is 338 g/mol. The van der Waals surface area contributed by atoms with Gasteiger partial charge in [0.15, 0.2) is 0 Å². The normalized spacial score (nSPS) is 36.9. The molecule has 0 radical (unpaired) electrons. The zero-order valence-electron chi connectivity index (χ0n) is 14.6. The number of hydrogen-bond acceptors (Lipinski definition) is 4. The van der Waals surface area contributed by atoms with E-state index in [0.29, 0.717) is 23.5 Å². The summed E-state index contributed by atoms with van der Waals surface area (Å²) in [4.78, 5) is 7.88. The van der Waals surface area contributed by atoms with Crippen molar-refractivity contribution >= 4 is 5.84 Å². The number of fused-ring (bicyclic) bond motifs is 1. The summed E-state index contributed by atoms with van der Waals surface area (Å²) in [6.45, 7) is 3.59. The van der Waals surface area contributed by atoms with Gasteiger partial charge in [-0.2, -0.15) is 0 Å². The topological polar surface area (TPSA) is 45.1 Å². The maximum absolute atomic E-state index is 9.70. The molecule has 2 heterocycles. The Morgan fingerprint density at radius 1 is 1.08 bits per heavy atom. The summed E-state index contributed by atoms with van der Waals surface area (Å²) in [5.41, 5.74) is 1.35. The van der Waals surface area contributed by atoms with Crippen molar-refractivity contribution in [2.24, 2.45) is 16.8 Å². The fraction of sp³-hybridized carbons (Fsp3) is 0.571. The van der Waals surface area contributed by atoms with Crippen molar-refractivity contribution < 1.29 is 9.84 Å². The molecule has 2 fully saturated rings. The average molecular weight is 338 g/mol. The molecule has 1 spiro atoms. The minimum atomic E-state index is 0.0161. The maximum atomic E-state index is 9.70. The van der Waals surface area contributed by atoms with Crippen molar-refractivity contribution in [1.29, 1.82) is 0 Å². The van der Waals surface area contributed by atoms with E-state index in [1.807, 2.05) is 12.1 Å². The third-order valence-corrected chi connectivity index (χ3v) is 6.73. The molecule has 4 atom stereocenters. The number of phenols is 1. The van der Waals surface area contributed by atoms with Crippen molar-refractivity contribution in [1.82, 2.24) is 4.90 Å². The number of aliphatic imine (C=N–C) groups is 1. The highest BCUT2D eigenvalue weighted by atomic mass is 16.5. The summed E-state index contributed by atoms with van der Waals surface area (Å²) in [6.07, 6.45) is 9.63. The molecule has 4 unspecified atom stereocenters. The second-order valence-electron chi connectivity index (χ2n) is 7.92. The van der Waals surface area contributed by atoms with Gasteiger partial charge in [-0.3, -0.25) is 4.99 Å². The van der Waals surface area contributed by atoms with E-state index in [1.165, 1.54) is 24.2 Å². The number of rotatable bonds is 1. The van der Waals surface area contributed by atoms with Crippen molar-refractivity contribution in [3.63, 3.8) is 0 Å². The molecule has 6 rings (SSSR count). The van der Waals surface area contributed by atoms with E-state index in [1.54, 1.807) is 0 Å². The van der Waals surface area contributed by atoms with E-state index in [0.717, 1.165) is 39.1 Å². The molecule has 4 heteroatoms. The van der Waals surface area contributed by atoms with Gasteiger partial charge in [-0.1, -0.05) is 24.3 Å². The first-order chi connectivity index (χ1) is 12.3. The van der Waals surface area contributed by atoms with Crippen molar-refractivity contribution in [2.75, 3.05) is 26.3 Å². The van der Waals surface area contributed by atoms with Crippen LogP contribution < -0.4 is 0 Å². The van der Waals surface area contributed by atoms with Crippen LogP contribution >= 0.6 is 0 Å². The second-order valence-corrected chi connectivity index (χ2v) is 7.92. The van der Waals surface area contributed by atoms with Gasteiger partial charge in [0.1, 0.15) is 5.75 Å². The Balaban J connectivity index is 1.54. The highest BCUT2D eigenvalue weighted by Crippen LogP contribution is 2.58. The highest BCUT2D eigenvalue weighted by molar-refractivity contribution is 5.85. The average Bonchev–Trinajstić information content (AvgIpc) is 3.10. The van der Waals surface area contributed by atoms with Crippen LogP contribution in [0.2, 0.25) is 0 Å². The van der Waals surface area contributed by atoms with Crippen LogP contribution in [0, 0.1) is 11.8 Å². The van der Waals surface area contributed by atoms with Gasteiger partial charge in [0.2, 0.25) is 0 Å². The summed E-state index contributed by atoms with van der Waals surface area (Å²) < 4.78 is 5.52. The SMILES string of the molecule is Oc1ccc(C2C3C=CC(CC3)C23CCC(N2CCOCC2)=N3)cc1. The van der Waals surface area contributed by atoms with Crippen molar-refractivity contribution in [3.05, 3.63) is 42.0 Å². The Labute approximate surface area is 149 Å². The lowest BCUT2D eigenvalue weighted by molar-refractivity contribution is 0.0673. The molecule has 1 aromatic rings. The largest absolute Gasteiger partial charge is 0.508 e. The molecule has 5 aliphatic rings. The van der Waals surface area contributed by atoms with E-state index in [-0.39, 0.29) is 5.54 Å². The molecule has 2 aliphatic heterocycles. The Morgan fingerprint density at radius 2 is 1.88 bits per heavy atom. The molecule has 1 aromatic carbocycles. The van der Waals surface area contributed by atoms with E-state index >= 15 is 0 Å². The predicted molar refractivity (Wildman–Crippen MR) is 98.0 cm³/mol. The highest BCUT2D eigenvalue weighted by Gasteiger charge is 2.55. The second kappa shape index (κ2) is 5.87. The van der Waals surface area contributed by atoms with Crippen LogP contribution in [0.15, 0.2) is 41.4 Å². The van der Waals surface area contributed by atoms with Crippen molar-refractivity contribution in [3.8, 4) is 5.75 Å². The third-order valence-electron chi connectivity index (χ3n) is 6.73. The van der Waals surface area contributed by atoms with E-state index < -0.39 is 0 Å². The first-order valence-electron chi connectivity index (χ1n) is 9.65. The summed E-state index contributed by atoms with van der Waals surface area (Å²) in [7, 11) is 0. The maximum Gasteiger partial charge on any atom is 0.115 e. The van der Waals surface area contributed by atoms with Gasteiger partial charge in [0.25, 0.3) is 0 Å². The predicted octanol–water partition coefficient (Wildman–Crippen LogP) is 3.34. The molecular weight excluding hydrogens is 312 g/mol. The Morgan fingerprint density at radius 3 is 2.60 bits per heavy atom. The number of hydrogen-bond donors (Lipinski definition) is 1. The smallest absolute Gasteiger partial charge is 0.115 e. The van der Waals surface area contributed by atoms with Crippen molar-refractivity contribution in [2.45, 2.75) is 37.1 Å². The zero-order valence-corrected chi connectivity index (χ0v) is 14.6. The van der Waals surface area contributed by atoms with Crippen LogP contribution in [0.3, 0.4) is 0 Å². The molecule has 2 bridgehead atoms. The van der Waals surface area contributed by atoms with E-state index in [2.05, 4.69) is 29.2 Å². The molecule has 1 saturated heterocycles. The minimum Gasteiger partial charge on any atom is -0.508 e. The molecule has 1 N–H and O–H groups in total. The van der Waals surface area contributed by atoms with Crippen LogP contribution in [0.1, 0.15) is 37.2 Å². The fourth-order valence-corrected chi connectivity index (χ4v) is 5.56. The fourth-order valence-electron chi connectivity index (χ4n) is 5.56. The number of ether oxygens (including phenoxy) is 1. The Kier molecular flexibility index (Phi) is 3.63.